The highest BCUT2D eigenvalue weighted by atomic mass is 31.2. The van der Waals surface area contributed by atoms with E-state index < -0.39 is 97.5 Å². The van der Waals surface area contributed by atoms with Gasteiger partial charge in [-0.3, -0.25) is 37.3 Å². The first kappa shape index (κ1) is 93.1. The van der Waals surface area contributed by atoms with Crippen molar-refractivity contribution < 1.29 is 80.2 Å². The van der Waals surface area contributed by atoms with Gasteiger partial charge in [0.25, 0.3) is 0 Å². The molecule has 3 N–H and O–H groups in total. The van der Waals surface area contributed by atoms with Crippen LogP contribution < -0.4 is 0 Å². The van der Waals surface area contributed by atoms with Crippen LogP contribution in [0.3, 0.4) is 0 Å². The van der Waals surface area contributed by atoms with Gasteiger partial charge in [-0.25, -0.2) is 9.13 Å². The molecule has 95 heavy (non-hydrogen) atoms. The molecule has 19 heteroatoms. The van der Waals surface area contributed by atoms with Gasteiger partial charge in [0.1, 0.15) is 19.3 Å². The van der Waals surface area contributed by atoms with E-state index in [0.717, 1.165) is 126 Å². The first-order chi connectivity index (χ1) is 45.7. The number of hydrogen-bond donors (Lipinski definition) is 3. The Labute approximate surface area is 581 Å². The molecule has 0 aromatic carbocycles. The SMILES string of the molecule is CCC(C)CCCCCCCCCCCCCCCCC(=O)O[C@H](COC(=O)CCCCCCCCC(C)CC)COP(=O)(O)OC[C@H](O)COP(=O)(O)OC[C@@H](COC(=O)CCCCCCCCC(C)CC)OC(=O)CCCCCCCCCCCCCCCCC(C)C. The van der Waals surface area contributed by atoms with Crippen molar-refractivity contribution in [1.82, 2.24) is 0 Å². The molecule has 0 bridgehead atoms. The molecule has 0 saturated heterocycles. The maximum Gasteiger partial charge on any atom is 0.472 e. The number of aliphatic hydroxyl groups is 1. The van der Waals surface area contributed by atoms with E-state index in [1.165, 1.54) is 173 Å². The first-order valence-corrected chi connectivity index (χ1v) is 42.3. The predicted octanol–water partition coefficient (Wildman–Crippen LogP) is 22.0. The van der Waals surface area contributed by atoms with Gasteiger partial charge in [-0.2, -0.15) is 0 Å². The fourth-order valence-corrected chi connectivity index (χ4v) is 13.0. The minimum absolute atomic E-state index is 0.106. The van der Waals surface area contributed by atoms with Crippen LogP contribution in [-0.4, -0.2) is 96.7 Å². The summed E-state index contributed by atoms with van der Waals surface area (Å²) in [6, 6.07) is 0. The molecule has 0 saturated carbocycles. The number of rotatable bonds is 73. The molecular formula is C76H148O17P2. The number of carbonyl (C=O) groups is 4. The van der Waals surface area contributed by atoms with Gasteiger partial charge in [0.05, 0.1) is 26.4 Å². The molecule has 564 valence electrons. The van der Waals surface area contributed by atoms with Crippen LogP contribution in [0.15, 0.2) is 0 Å². The van der Waals surface area contributed by atoms with Crippen molar-refractivity contribution in [2.45, 2.75) is 401 Å². The third-order valence-corrected chi connectivity index (χ3v) is 20.6. The fourth-order valence-electron chi connectivity index (χ4n) is 11.5. The molecule has 0 aromatic heterocycles. The third kappa shape index (κ3) is 66.4. The number of esters is 4. The van der Waals surface area contributed by atoms with Crippen molar-refractivity contribution in [2.24, 2.45) is 23.7 Å². The lowest BCUT2D eigenvalue weighted by atomic mass is 9.99. The van der Waals surface area contributed by atoms with Crippen LogP contribution in [0.5, 0.6) is 0 Å². The number of phosphoric acid groups is 2. The van der Waals surface area contributed by atoms with Gasteiger partial charge in [-0.15, -0.1) is 0 Å². The number of carbonyl (C=O) groups excluding carboxylic acids is 4. The average molecular weight is 1400 g/mol. The van der Waals surface area contributed by atoms with Gasteiger partial charge in [0.2, 0.25) is 0 Å². The Balaban J connectivity index is 5.22. The van der Waals surface area contributed by atoms with Gasteiger partial charge in [-0.05, 0) is 49.4 Å². The Kier molecular flexibility index (Phi) is 64.0. The quantitative estimate of drug-likeness (QED) is 0.0222. The van der Waals surface area contributed by atoms with Gasteiger partial charge in [-0.1, -0.05) is 331 Å². The molecule has 0 aliphatic heterocycles. The van der Waals surface area contributed by atoms with Crippen molar-refractivity contribution >= 4 is 39.5 Å². The van der Waals surface area contributed by atoms with Crippen LogP contribution >= 0.6 is 15.6 Å². The van der Waals surface area contributed by atoms with Crippen molar-refractivity contribution in [3.05, 3.63) is 0 Å². The summed E-state index contributed by atoms with van der Waals surface area (Å²) < 4.78 is 68.5. The molecule has 0 aliphatic carbocycles. The standard InChI is InChI=1S/C76H148O17P2/c1-9-67(6)53-45-37-29-25-21-17-13-15-19-23-27-31-43-51-59-76(81)93-72(63-87-74(79)57-49-41-35-33-39-47-55-69(8)11-3)65-91-95(84,85)89-61-70(77)60-88-94(82,83)90-64-71(62-86-73(78)56-48-40-34-32-38-46-54-68(7)10-2)92-75(80)58-50-42-30-26-22-18-14-12-16-20-24-28-36-44-52-66(4)5/h66-72,77H,9-65H2,1-8H3,(H,82,83)(H,84,85)/t67?,68?,69?,70-,71-,72-/m1/s1. The normalized spacial score (nSPS) is 15.0. The highest BCUT2D eigenvalue weighted by Gasteiger charge is 2.30. The van der Waals surface area contributed by atoms with Gasteiger partial charge in [0.15, 0.2) is 12.2 Å². The monoisotopic (exact) mass is 1400 g/mol. The lowest BCUT2D eigenvalue weighted by Gasteiger charge is -2.21. The van der Waals surface area contributed by atoms with E-state index in [1.807, 2.05) is 0 Å². The molecule has 0 spiro atoms. The molecule has 0 rings (SSSR count). The number of ether oxygens (including phenoxy) is 4. The predicted molar refractivity (Wildman–Crippen MR) is 386 cm³/mol. The highest BCUT2D eigenvalue weighted by molar-refractivity contribution is 7.47. The van der Waals surface area contributed by atoms with Crippen LogP contribution in [0.2, 0.25) is 0 Å². The molecule has 8 atom stereocenters. The molecule has 0 aromatic rings. The zero-order valence-corrected chi connectivity index (χ0v) is 64.1. The second-order valence-corrected chi connectivity index (χ2v) is 31.5. The zero-order valence-electron chi connectivity index (χ0n) is 62.3. The van der Waals surface area contributed by atoms with Gasteiger partial charge >= 0.3 is 39.5 Å². The lowest BCUT2D eigenvalue weighted by Crippen LogP contribution is -2.30. The van der Waals surface area contributed by atoms with E-state index in [9.17, 15) is 43.2 Å². The largest absolute Gasteiger partial charge is 0.472 e. The second kappa shape index (κ2) is 65.4. The first-order valence-electron chi connectivity index (χ1n) is 39.3. The van der Waals surface area contributed by atoms with Crippen LogP contribution in [0, 0.1) is 23.7 Å². The molecule has 0 fully saturated rings. The van der Waals surface area contributed by atoms with E-state index in [-0.39, 0.29) is 25.7 Å². The molecule has 0 radical (unpaired) electrons. The molecule has 0 heterocycles. The van der Waals surface area contributed by atoms with Gasteiger partial charge < -0.3 is 33.8 Å². The fraction of sp³-hybridized carbons (Fsp3) is 0.947. The average Bonchev–Trinajstić information content (AvgIpc) is 1.84. The van der Waals surface area contributed by atoms with Crippen molar-refractivity contribution in [2.75, 3.05) is 39.6 Å². The summed E-state index contributed by atoms with van der Waals surface area (Å²) in [5.74, 6) is 0.980. The number of unbranched alkanes of at least 4 members (excludes halogenated alkanes) is 36. The maximum atomic E-state index is 13.1. The summed E-state index contributed by atoms with van der Waals surface area (Å²) in [6.07, 6.45) is 50.0. The van der Waals surface area contributed by atoms with Crippen LogP contribution in [-0.2, 0) is 65.4 Å². The summed E-state index contributed by atoms with van der Waals surface area (Å²) in [6.45, 7) is 14.2. The van der Waals surface area contributed by atoms with Crippen molar-refractivity contribution in [1.29, 1.82) is 0 Å². The number of hydrogen-bond acceptors (Lipinski definition) is 15. The summed E-state index contributed by atoms with van der Waals surface area (Å²) >= 11 is 0. The molecule has 0 aliphatic rings. The lowest BCUT2D eigenvalue weighted by molar-refractivity contribution is -0.161. The summed E-state index contributed by atoms with van der Waals surface area (Å²) in [5, 5.41) is 10.6. The topological polar surface area (TPSA) is 237 Å². The number of phosphoric ester groups is 2. The Hall–Kier alpha value is -1.94. The van der Waals surface area contributed by atoms with Crippen molar-refractivity contribution in [3.8, 4) is 0 Å². The Morgan fingerprint density at radius 2 is 0.505 bits per heavy atom. The third-order valence-electron chi connectivity index (χ3n) is 18.7. The van der Waals surface area contributed by atoms with E-state index in [0.29, 0.717) is 25.7 Å². The molecular weight excluding hydrogens is 1250 g/mol. The molecule has 5 unspecified atom stereocenters. The Morgan fingerprint density at radius 1 is 0.295 bits per heavy atom. The van der Waals surface area contributed by atoms with Crippen LogP contribution in [0.1, 0.15) is 383 Å². The smallest absolute Gasteiger partial charge is 0.462 e. The Morgan fingerprint density at radius 3 is 0.747 bits per heavy atom. The summed E-state index contributed by atoms with van der Waals surface area (Å²) in [4.78, 5) is 72.8. The zero-order chi connectivity index (χ0) is 70.3. The van der Waals surface area contributed by atoms with Crippen LogP contribution in [0.25, 0.3) is 0 Å². The van der Waals surface area contributed by atoms with E-state index >= 15 is 0 Å². The van der Waals surface area contributed by atoms with Crippen LogP contribution in [0.4, 0.5) is 0 Å². The summed E-state index contributed by atoms with van der Waals surface area (Å²) in [5.41, 5.74) is 0. The minimum Gasteiger partial charge on any atom is -0.462 e. The van der Waals surface area contributed by atoms with Crippen molar-refractivity contribution in [3.63, 3.8) is 0 Å². The van der Waals surface area contributed by atoms with E-state index in [1.54, 1.807) is 0 Å². The maximum absolute atomic E-state index is 13.1. The molecule has 0 amide bonds. The van der Waals surface area contributed by atoms with Gasteiger partial charge in [0, 0.05) is 25.7 Å². The van der Waals surface area contributed by atoms with E-state index in [4.69, 9.17) is 37.0 Å². The highest BCUT2D eigenvalue weighted by Crippen LogP contribution is 2.45. The summed E-state index contributed by atoms with van der Waals surface area (Å²) in [7, 11) is -9.91. The number of aliphatic hydroxyl groups excluding tert-OH is 1. The minimum atomic E-state index is -4.96. The second-order valence-electron chi connectivity index (χ2n) is 28.6. The van der Waals surface area contributed by atoms with E-state index in [2.05, 4.69) is 55.4 Å². The Bertz CT molecular complexity index is 1870. The molecule has 17 nitrogen and oxygen atoms in total.